The fourth-order valence-electron chi connectivity index (χ4n) is 1.32. The van der Waals surface area contributed by atoms with Crippen molar-refractivity contribution in [1.29, 1.82) is 0 Å². The van der Waals surface area contributed by atoms with Gasteiger partial charge in [-0.15, -0.1) is 0 Å². The van der Waals surface area contributed by atoms with Crippen LogP contribution >= 0.6 is 0 Å². The normalized spacial score (nSPS) is 19.9. The molecule has 0 aromatic heterocycles. The molecule has 1 aliphatic rings. The van der Waals surface area contributed by atoms with Gasteiger partial charge in [0.2, 0.25) is 5.91 Å². The van der Waals surface area contributed by atoms with E-state index in [1.807, 2.05) is 6.08 Å². The summed E-state index contributed by atoms with van der Waals surface area (Å²) in [5.74, 6) is -0.434. The lowest BCUT2D eigenvalue weighted by molar-refractivity contribution is -0.122. The van der Waals surface area contributed by atoms with Gasteiger partial charge in [0.25, 0.3) is 0 Å². The van der Waals surface area contributed by atoms with Crippen LogP contribution in [-0.4, -0.2) is 38.3 Å². The Kier molecular flexibility index (Phi) is 5.80. The second-order valence-electron chi connectivity index (χ2n) is 3.43. The van der Waals surface area contributed by atoms with Gasteiger partial charge in [-0.05, 0) is 18.9 Å². The SMILES string of the molecule is NC(=O)COCCNCC1CCC=CO1. The molecule has 1 rings (SSSR count). The van der Waals surface area contributed by atoms with E-state index in [9.17, 15) is 4.79 Å². The van der Waals surface area contributed by atoms with Crippen molar-refractivity contribution in [2.75, 3.05) is 26.3 Å². The number of nitrogens with one attached hydrogen (secondary N) is 1. The molecule has 0 spiro atoms. The van der Waals surface area contributed by atoms with Gasteiger partial charge in [-0.3, -0.25) is 4.79 Å². The molecule has 1 aliphatic heterocycles. The number of hydrogen-bond acceptors (Lipinski definition) is 4. The highest BCUT2D eigenvalue weighted by atomic mass is 16.5. The second kappa shape index (κ2) is 7.25. The lowest BCUT2D eigenvalue weighted by atomic mass is 10.1. The van der Waals surface area contributed by atoms with Gasteiger partial charge in [0.1, 0.15) is 12.7 Å². The van der Waals surface area contributed by atoms with Gasteiger partial charge in [0, 0.05) is 13.1 Å². The van der Waals surface area contributed by atoms with Crippen molar-refractivity contribution < 1.29 is 14.3 Å². The summed E-state index contributed by atoms with van der Waals surface area (Å²) in [7, 11) is 0. The molecule has 0 saturated carbocycles. The van der Waals surface area contributed by atoms with Crippen LogP contribution < -0.4 is 11.1 Å². The number of carbonyl (C=O) groups is 1. The summed E-state index contributed by atoms with van der Waals surface area (Å²) in [4.78, 5) is 10.3. The number of primary amides is 1. The molecule has 3 N–H and O–H groups in total. The molecule has 0 bridgehead atoms. The molecule has 5 heteroatoms. The fraction of sp³-hybridized carbons (Fsp3) is 0.700. The molecule has 0 aromatic carbocycles. The highest BCUT2D eigenvalue weighted by Crippen LogP contribution is 2.08. The third-order valence-corrected chi connectivity index (χ3v) is 2.06. The monoisotopic (exact) mass is 214 g/mol. The van der Waals surface area contributed by atoms with Crippen LogP contribution in [0.2, 0.25) is 0 Å². The van der Waals surface area contributed by atoms with E-state index in [1.165, 1.54) is 0 Å². The van der Waals surface area contributed by atoms with Crippen LogP contribution in [0, 0.1) is 0 Å². The van der Waals surface area contributed by atoms with E-state index in [1.54, 1.807) is 6.26 Å². The van der Waals surface area contributed by atoms with E-state index < -0.39 is 5.91 Å². The quantitative estimate of drug-likeness (QED) is 0.574. The molecule has 5 nitrogen and oxygen atoms in total. The maximum atomic E-state index is 10.3. The van der Waals surface area contributed by atoms with Crippen LogP contribution in [0.4, 0.5) is 0 Å². The zero-order valence-corrected chi connectivity index (χ0v) is 8.78. The van der Waals surface area contributed by atoms with Crippen LogP contribution in [0.15, 0.2) is 12.3 Å². The minimum atomic E-state index is -0.434. The van der Waals surface area contributed by atoms with Crippen molar-refractivity contribution in [3.63, 3.8) is 0 Å². The third-order valence-electron chi connectivity index (χ3n) is 2.06. The van der Waals surface area contributed by atoms with Crippen molar-refractivity contribution in [2.24, 2.45) is 5.73 Å². The van der Waals surface area contributed by atoms with Crippen LogP contribution in [-0.2, 0) is 14.3 Å². The first-order valence-corrected chi connectivity index (χ1v) is 5.16. The molecule has 0 fully saturated rings. The van der Waals surface area contributed by atoms with Crippen LogP contribution in [0.3, 0.4) is 0 Å². The number of ether oxygens (including phenoxy) is 2. The zero-order valence-electron chi connectivity index (χ0n) is 8.78. The Morgan fingerprint density at radius 1 is 1.67 bits per heavy atom. The maximum absolute atomic E-state index is 10.3. The molecule has 1 amide bonds. The molecule has 0 saturated heterocycles. The zero-order chi connectivity index (χ0) is 10.9. The Balaban J connectivity index is 1.88. The average molecular weight is 214 g/mol. The number of hydrogen-bond donors (Lipinski definition) is 2. The van der Waals surface area contributed by atoms with E-state index in [0.29, 0.717) is 13.2 Å². The summed E-state index contributed by atoms with van der Waals surface area (Å²) in [6, 6.07) is 0. The largest absolute Gasteiger partial charge is 0.497 e. The summed E-state index contributed by atoms with van der Waals surface area (Å²) in [6.45, 7) is 2.00. The van der Waals surface area contributed by atoms with Gasteiger partial charge < -0.3 is 20.5 Å². The van der Waals surface area contributed by atoms with Gasteiger partial charge in [0.05, 0.1) is 12.9 Å². The topological polar surface area (TPSA) is 73.6 Å². The van der Waals surface area contributed by atoms with Gasteiger partial charge in [-0.25, -0.2) is 0 Å². The highest BCUT2D eigenvalue weighted by Gasteiger charge is 2.09. The maximum Gasteiger partial charge on any atom is 0.243 e. The van der Waals surface area contributed by atoms with Crippen molar-refractivity contribution in [3.8, 4) is 0 Å². The summed E-state index contributed by atoms with van der Waals surface area (Å²) < 4.78 is 10.4. The molecule has 1 atom stereocenters. The molecule has 1 unspecified atom stereocenters. The molecule has 0 aromatic rings. The lowest BCUT2D eigenvalue weighted by Gasteiger charge is -2.19. The minimum absolute atomic E-state index is 0.00958. The van der Waals surface area contributed by atoms with Gasteiger partial charge in [0.15, 0.2) is 0 Å². The summed E-state index contributed by atoms with van der Waals surface area (Å²) in [5.41, 5.74) is 4.91. The standard InChI is InChI=1S/C10H18N2O3/c11-10(13)8-14-6-4-12-7-9-3-1-2-5-15-9/h2,5,9,12H,1,3-4,6-8H2,(H2,11,13). The summed E-state index contributed by atoms with van der Waals surface area (Å²) in [6.07, 6.45) is 6.15. The highest BCUT2D eigenvalue weighted by molar-refractivity contribution is 5.74. The van der Waals surface area contributed by atoms with Gasteiger partial charge in [-0.1, -0.05) is 0 Å². The predicted octanol–water partition coefficient (Wildman–Crippen LogP) is -0.229. The smallest absolute Gasteiger partial charge is 0.243 e. The Morgan fingerprint density at radius 2 is 2.53 bits per heavy atom. The van der Waals surface area contributed by atoms with Crippen LogP contribution in [0.25, 0.3) is 0 Å². The molecule has 86 valence electrons. The molecule has 0 aliphatic carbocycles. The molecule has 1 heterocycles. The number of amides is 1. The Labute approximate surface area is 89.6 Å². The predicted molar refractivity (Wildman–Crippen MR) is 56.1 cm³/mol. The lowest BCUT2D eigenvalue weighted by Crippen LogP contribution is -2.32. The van der Waals surface area contributed by atoms with E-state index in [4.69, 9.17) is 15.2 Å². The van der Waals surface area contributed by atoms with E-state index in [-0.39, 0.29) is 12.7 Å². The van der Waals surface area contributed by atoms with Crippen molar-refractivity contribution in [3.05, 3.63) is 12.3 Å². The number of rotatable bonds is 7. The van der Waals surface area contributed by atoms with Crippen LogP contribution in [0.1, 0.15) is 12.8 Å². The molecule has 0 radical (unpaired) electrons. The molecular weight excluding hydrogens is 196 g/mol. The van der Waals surface area contributed by atoms with Crippen molar-refractivity contribution in [2.45, 2.75) is 18.9 Å². The average Bonchev–Trinajstić information content (AvgIpc) is 2.24. The number of allylic oxidation sites excluding steroid dienone is 1. The van der Waals surface area contributed by atoms with Crippen molar-refractivity contribution >= 4 is 5.91 Å². The molecular formula is C10H18N2O3. The van der Waals surface area contributed by atoms with Gasteiger partial charge >= 0.3 is 0 Å². The molecule has 15 heavy (non-hydrogen) atoms. The first-order valence-electron chi connectivity index (χ1n) is 5.16. The summed E-state index contributed by atoms with van der Waals surface area (Å²) in [5, 5.41) is 3.19. The number of carbonyl (C=O) groups excluding carboxylic acids is 1. The van der Waals surface area contributed by atoms with Crippen molar-refractivity contribution in [1.82, 2.24) is 5.32 Å². The Hall–Kier alpha value is -1.07. The summed E-state index contributed by atoms with van der Waals surface area (Å²) >= 11 is 0. The first kappa shape index (κ1) is 12.0. The van der Waals surface area contributed by atoms with E-state index in [2.05, 4.69) is 5.32 Å². The minimum Gasteiger partial charge on any atom is -0.497 e. The second-order valence-corrected chi connectivity index (χ2v) is 3.43. The Morgan fingerprint density at radius 3 is 3.20 bits per heavy atom. The fourth-order valence-corrected chi connectivity index (χ4v) is 1.32. The van der Waals surface area contributed by atoms with Gasteiger partial charge in [-0.2, -0.15) is 0 Å². The van der Waals surface area contributed by atoms with Crippen LogP contribution in [0.5, 0.6) is 0 Å². The van der Waals surface area contributed by atoms with E-state index >= 15 is 0 Å². The number of nitrogens with two attached hydrogens (primary N) is 1. The first-order chi connectivity index (χ1) is 7.29. The third kappa shape index (κ3) is 6.09. The Bertz CT molecular complexity index is 219. The van der Waals surface area contributed by atoms with E-state index in [0.717, 1.165) is 19.4 Å².